The normalized spacial score (nSPS) is 9.61. The van der Waals surface area contributed by atoms with Crippen LogP contribution >= 0.6 is 0 Å². The van der Waals surface area contributed by atoms with E-state index in [2.05, 4.69) is 0 Å². The van der Waals surface area contributed by atoms with Crippen molar-refractivity contribution >= 4 is 20.3 Å². The van der Waals surface area contributed by atoms with Crippen LogP contribution in [0.3, 0.4) is 0 Å². The fraction of sp³-hybridized carbons (Fsp3) is 0.706. The second-order valence-electron chi connectivity index (χ2n) is 6.16. The van der Waals surface area contributed by atoms with Gasteiger partial charge in [-0.05, 0) is 17.8 Å². The second kappa shape index (κ2) is 24.8. The largest absolute Gasteiger partial charge is 0 e. The van der Waals surface area contributed by atoms with E-state index in [1.165, 1.54) is 0 Å². The summed E-state index contributed by atoms with van der Waals surface area (Å²) < 4.78 is 12.7. The molecule has 0 radical (unpaired) electrons. The smallest absolute Gasteiger partial charge is 0 e. The van der Waals surface area contributed by atoms with Crippen LogP contribution in [0.25, 0.3) is 0 Å². The monoisotopic (exact) mass is 471 g/mol. The Morgan fingerprint density at radius 3 is 1.09 bits per heavy atom. The van der Waals surface area contributed by atoms with Crippen molar-refractivity contribution in [1.29, 1.82) is 0 Å². The van der Waals surface area contributed by atoms with E-state index in [4.69, 9.17) is 15.3 Å². The Labute approximate surface area is 168 Å². The third kappa shape index (κ3) is 39.4. The molecule has 0 aliphatic heterocycles. The fourth-order valence-electron chi connectivity index (χ4n) is 0.503. The van der Waals surface area contributed by atoms with Crippen LogP contribution < -0.4 is 4.40 Å². The van der Waals surface area contributed by atoms with Gasteiger partial charge in [-0.1, -0.05) is 41.5 Å². The molecule has 0 bridgehead atoms. The zero-order chi connectivity index (χ0) is 18.0. The van der Waals surface area contributed by atoms with Crippen molar-refractivity contribution in [1.82, 2.24) is 0 Å². The summed E-state index contributed by atoms with van der Waals surface area (Å²) in [5.41, 5.74) is 0. The fourth-order valence-corrected chi connectivity index (χ4v) is 1.45. The van der Waals surface area contributed by atoms with Gasteiger partial charge < -0.3 is 15.3 Å². The third-order valence-corrected chi connectivity index (χ3v) is 3.62. The van der Waals surface area contributed by atoms with Gasteiger partial charge in [0, 0.05) is 46.0 Å². The summed E-state index contributed by atoms with van der Waals surface area (Å²) in [6, 6.07) is 7.44. The van der Waals surface area contributed by atoms with E-state index in [1.54, 1.807) is 0 Å². The topological polar surface area (TPSA) is 60.7 Å². The number of halogens is 1. The van der Waals surface area contributed by atoms with Gasteiger partial charge >= 0.3 is 48.1 Å². The van der Waals surface area contributed by atoms with Crippen molar-refractivity contribution in [3.63, 3.8) is 0 Å². The number of hydrogen-bond acceptors (Lipinski definition) is 3. The average molecular weight is 471 g/mol. The van der Waals surface area contributed by atoms with Crippen LogP contribution in [0.1, 0.15) is 41.5 Å². The molecule has 1 aromatic rings. The summed E-state index contributed by atoms with van der Waals surface area (Å²) in [5.74, 6) is 1.32. The molecule has 0 saturated carbocycles. The van der Waals surface area contributed by atoms with Crippen molar-refractivity contribution in [2.45, 2.75) is 41.5 Å². The molecule has 1 rings (SSSR count). The summed E-state index contributed by atoms with van der Waals surface area (Å²) in [6.45, 7) is 12.7. The molecule has 0 spiro atoms. The summed E-state index contributed by atoms with van der Waals surface area (Å²) in [6.07, 6.45) is 0. The molecule has 3 N–H and O–H groups in total. The molecule has 138 valence electrons. The van der Waals surface area contributed by atoms with Gasteiger partial charge in [-0.3, -0.25) is 0 Å². The van der Waals surface area contributed by atoms with Crippen molar-refractivity contribution in [3.05, 3.63) is 24.3 Å². The van der Waals surface area contributed by atoms with Gasteiger partial charge in [0.2, 0.25) is 0 Å². The number of rotatable bonds is 4. The third-order valence-electron chi connectivity index (χ3n) is 1.98. The Balaban J connectivity index is -0.000000105. The zero-order valence-electron chi connectivity index (χ0n) is 15.6. The molecule has 0 aliphatic carbocycles. The predicted molar refractivity (Wildman–Crippen MR) is 97.1 cm³/mol. The maximum atomic E-state index is 11.7. The van der Waals surface area contributed by atoms with Crippen LogP contribution in [0, 0.1) is 17.8 Å². The SMILES string of the molecule is CC(C)CO.CC(C)CO.CC(C)CO.[F][GeH2][c-]1cccc1.[Zr]. The van der Waals surface area contributed by atoms with Gasteiger partial charge in [-0.2, -0.15) is 0 Å². The average Bonchev–Trinajstić information content (AvgIpc) is 3.02. The van der Waals surface area contributed by atoms with E-state index in [1.807, 2.05) is 65.8 Å². The molecule has 0 fully saturated rings. The molecule has 0 saturated heterocycles. The summed E-state index contributed by atoms with van der Waals surface area (Å²) in [7, 11) is 0. The quantitative estimate of drug-likeness (QED) is 0.465. The van der Waals surface area contributed by atoms with Crippen LogP contribution in [0.5, 0.6) is 0 Å². The molecule has 3 nitrogen and oxygen atoms in total. The zero-order valence-corrected chi connectivity index (χ0v) is 21.0. The maximum Gasteiger partial charge on any atom is 0 e. The first-order valence-electron chi connectivity index (χ1n) is 7.84. The molecule has 0 aliphatic rings. The molecular weight excluding hydrogens is 435 g/mol. The Hall–Kier alpha value is 0.586. The van der Waals surface area contributed by atoms with Crippen molar-refractivity contribution in [2.24, 2.45) is 17.8 Å². The molecule has 0 amide bonds. The minimum absolute atomic E-state index is 0. The van der Waals surface area contributed by atoms with Crippen molar-refractivity contribution < 1.29 is 45.0 Å². The molecule has 0 heterocycles. The van der Waals surface area contributed by atoms with Crippen molar-refractivity contribution in [2.75, 3.05) is 19.8 Å². The first-order valence-corrected chi connectivity index (χ1v) is 10.4. The van der Waals surface area contributed by atoms with Crippen molar-refractivity contribution in [3.8, 4) is 0 Å². The van der Waals surface area contributed by atoms with Gasteiger partial charge in [-0.25, -0.2) is 0 Å². The number of aliphatic hydroxyl groups is 3. The van der Waals surface area contributed by atoms with Gasteiger partial charge in [0.25, 0.3) is 0 Å². The Morgan fingerprint density at radius 1 is 0.783 bits per heavy atom. The Kier molecular flexibility index (Phi) is 33.9. The van der Waals surface area contributed by atoms with Crippen LogP contribution in [-0.2, 0) is 26.2 Å². The van der Waals surface area contributed by atoms with Crippen LogP contribution in [0.15, 0.2) is 24.3 Å². The minimum atomic E-state index is -1.73. The van der Waals surface area contributed by atoms with Crippen LogP contribution in [-0.4, -0.2) is 51.0 Å². The van der Waals surface area contributed by atoms with E-state index < -0.39 is 15.9 Å². The standard InChI is InChI=1S/C5H6FGe.3C4H10O.Zr/c6-7-5-3-1-2-4-5;3*1-4(2)3-5;/h1-4H,7H2;3*4-5H,3H2,1-2H3;/q-1;;;;. The molecule has 0 aromatic heterocycles. The predicted octanol–water partition coefficient (Wildman–Crippen LogP) is 1.99. The van der Waals surface area contributed by atoms with E-state index in [9.17, 15) is 3.50 Å². The van der Waals surface area contributed by atoms with Gasteiger partial charge in [0.05, 0.1) is 0 Å². The van der Waals surface area contributed by atoms with Gasteiger partial charge in [-0.15, -0.1) is 0 Å². The van der Waals surface area contributed by atoms with Crippen LogP contribution in [0.4, 0.5) is 3.50 Å². The van der Waals surface area contributed by atoms with E-state index in [-0.39, 0.29) is 26.2 Å². The maximum absolute atomic E-state index is 11.7. The summed E-state index contributed by atoms with van der Waals surface area (Å²) in [4.78, 5) is 0. The summed E-state index contributed by atoms with van der Waals surface area (Å²) in [5, 5.41) is 24.4. The summed E-state index contributed by atoms with van der Waals surface area (Å²) >= 11 is -1.73. The Morgan fingerprint density at radius 2 is 1.00 bits per heavy atom. The first kappa shape index (κ1) is 31.4. The van der Waals surface area contributed by atoms with E-state index in [0.717, 1.165) is 4.40 Å². The van der Waals surface area contributed by atoms with E-state index >= 15 is 0 Å². The van der Waals surface area contributed by atoms with Gasteiger partial charge in [0.15, 0.2) is 0 Å². The molecule has 6 heteroatoms. The molecule has 1 aromatic carbocycles. The molecule has 0 atom stereocenters. The van der Waals surface area contributed by atoms with Crippen LogP contribution in [0.2, 0.25) is 0 Å². The van der Waals surface area contributed by atoms with Gasteiger partial charge in [0.1, 0.15) is 0 Å². The first-order chi connectivity index (χ1) is 10.2. The number of hydrogen-bond donors (Lipinski definition) is 3. The molecule has 23 heavy (non-hydrogen) atoms. The minimum Gasteiger partial charge on any atom is 0 e. The molecule has 0 unspecified atom stereocenters. The Bertz CT molecular complexity index is 262. The molecular formula is C17H36FGeO3Zr-. The second-order valence-corrected chi connectivity index (χ2v) is 8.43. The van der Waals surface area contributed by atoms with E-state index in [0.29, 0.717) is 37.6 Å². The number of aliphatic hydroxyl groups excluding tert-OH is 3.